The second kappa shape index (κ2) is 7.94. The Hall–Kier alpha value is -0.840. The SMILES string of the molecule is CC(C)CCC[C@@H](C)[C@H]1CC[C@H]2[C@@H]3CC[C@@]4(C#N)CC(=O)CC[C@]4(C)[C@H]3CC[C@]12C. The summed E-state index contributed by atoms with van der Waals surface area (Å²) in [6.07, 6.45) is 14.0. The second-order valence-corrected chi connectivity index (χ2v) is 12.8. The van der Waals surface area contributed by atoms with Gasteiger partial charge >= 0.3 is 0 Å². The maximum absolute atomic E-state index is 12.3. The summed E-state index contributed by atoms with van der Waals surface area (Å²) in [5.41, 5.74) is 0.187. The van der Waals surface area contributed by atoms with Crippen molar-refractivity contribution in [3.8, 4) is 6.07 Å². The molecule has 0 aromatic carbocycles. The Kier molecular flexibility index (Phi) is 5.91. The summed E-state index contributed by atoms with van der Waals surface area (Å²) >= 11 is 0. The minimum Gasteiger partial charge on any atom is -0.300 e. The van der Waals surface area contributed by atoms with Crippen molar-refractivity contribution in [1.82, 2.24) is 0 Å². The lowest BCUT2D eigenvalue weighted by Crippen LogP contribution is -2.58. The number of Topliss-reactive ketones (excluding diaryl/α,β-unsaturated/α-hetero) is 1. The number of fused-ring (bicyclic) bond motifs is 5. The molecule has 2 nitrogen and oxygen atoms in total. The fraction of sp³-hybridized carbons (Fsp3) is 0.929. The van der Waals surface area contributed by atoms with Gasteiger partial charge in [0.05, 0.1) is 11.5 Å². The van der Waals surface area contributed by atoms with Crippen LogP contribution < -0.4 is 0 Å². The van der Waals surface area contributed by atoms with E-state index < -0.39 is 0 Å². The molecule has 0 aromatic heterocycles. The predicted molar refractivity (Wildman–Crippen MR) is 123 cm³/mol. The number of nitriles is 1. The number of hydrogen-bond donors (Lipinski definition) is 0. The smallest absolute Gasteiger partial charge is 0.134 e. The first-order valence-electron chi connectivity index (χ1n) is 13.1. The largest absolute Gasteiger partial charge is 0.300 e. The molecule has 0 radical (unpaired) electrons. The third kappa shape index (κ3) is 3.29. The zero-order valence-electron chi connectivity index (χ0n) is 20.3. The van der Waals surface area contributed by atoms with E-state index in [1.165, 1.54) is 51.4 Å². The highest BCUT2D eigenvalue weighted by molar-refractivity contribution is 5.81. The zero-order chi connectivity index (χ0) is 21.7. The van der Waals surface area contributed by atoms with Crippen molar-refractivity contribution in [3.63, 3.8) is 0 Å². The van der Waals surface area contributed by atoms with Crippen LogP contribution in [0.4, 0.5) is 0 Å². The molecule has 4 fully saturated rings. The Labute approximate surface area is 185 Å². The number of rotatable bonds is 5. The maximum atomic E-state index is 12.3. The van der Waals surface area contributed by atoms with E-state index in [1.54, 1.807) is 0 Å². The monoisotopic (exact) mass is 411 g/mol. The highest BCUT2D eigenvalue weighted by Crippen LogP contribution is 2.71. The van der Waals surface area contributed by atoms with Gasteiger partial charge in [-0.05, 0) is 91.3 Å². The number of carbonyl (C=O) groups excluding carboxylic acids is 1. The van der Waals surface area contributed by atoms with E-state index in [0.717, 1.165) is 42.4 Å². The Balaban J connectivity index is 1.53. The average Bonchev–Trinajstić information content (AvgIpc) is 3.05. The Bertz CT molecular complexity index is 706. The molecule has 0 bridgehead atoms. The lowest BCUT2D eigenvalue weighted by Gasteiger charge is -2.63. The van der Waals surface area contributed by atoms with E-state index in [4.69, 9.17) is 0 Å². The number of hydrogen-bond acceptors (Lipinski definition) is 2. The molecule has 4 aliphatic rings. The van der Waals surface area contributed by atoms with Gasteiger partial charge in [-0.2, -0.15) is 5.26 Å². The first-order valence-corrected chi connectivity index (χ1v) is 13.1. The first-order chi connectivity index (χ1) is 14.2. The normalized spacial score (nSPS) is 46.6. The summed E-state index contributed by atoms with van der Waals surface area (Å²) in [4.78, 5) is 12.3. The van der Waals surface area contributed by atoms with Gasteiger partial charge in [0, 0.05) is 12.8 Å². The minimum absolute atomic E-state index is 0.0564. The number of ketones is 1. The molecule has 4 saturated carbocycles. The van der Waals surface area contributed by atoms with E-state index >= 15 is 0 Å². The molecule has 30 heavy (non-hydrogen) atoms. The fourth-order valence-corrected chi connectivity index (χ4v) is 9.32. The van der Waals surface area contributed by atoms with E-state index in [9.17, 15) is 10.1 Å². The summed E-state index contributed by atoms with van der Waals surface area (Å²) in [7, 11) is 0. The van der Waals surface area contributed by atoms with Gasteiger partial charge in [-0.3, -0.25) is 4.79 Å². The molecule has 0 amide bonds. The van der Waals surface area contributed by atoms with Gasteiger partial charge in [0.15, 0.2) is 0 Å². The molecule has 0 N–H and O–H groups in total. The quantitative estimate of drug-likeness (QED) is 0.468. The number of nitrogens with zero attached hydrogens (tertiary/aromatic N) is 1. The molecule has 168 valence electrons. The van der Waals surface area contributed by atoms with Crippen LogP contribution in [0.3, 0.4) is 0 Å². The zero-order valence-corrected chi connectivity index (χ0v) is 20.3. The lowest BCUT2D eigenvalue weighted by molar-refractivity contribution is -0.154. The third-order valence-corrected chi connectivity index (χ3v) is 11.1. The lowest BCUT2D eigenvalue weighted by atomic mass is 9.40. The molecule has 0 aromatic rings. The Morgan fingerprint density at radius 2 is 1.77 bits per heavy atom. The van der Waals surface area contributed by atoms with Crippen LogP contribution in [0.1, 0.15) is 112 Å². The van der Waals surface area contributed by atoms with Gasteiger partial charge in [-0.25, -0.2) is 0 Å². The summed E-state index contributed by atoms with van der Waals surface area (Å²) in [5, 5.41) is 10.2. The molecular formula is C28H45NO. The van der Waals surface area contributed by atoms with Crippen molar-refractivity contribution in [2.24, 2.45) is 51.8 Å². The standard InChI is InChI=1S/C28H45NO/c1-19(2)7-6-8-20(3)23-9-10-24-22-12-16-28(18-29)17-21(30)11-15-27(28,5)25(22)13-14-26(23,24)4/h19-20,22-25H,6-17H2,1-5H3/t20-,22+,23-,24+,25+,26-,27-,28+/m1/s1. The topological polar surface area (TPSA) is 40.9 Å². The third-order valence-electron chi connectivity index (χ3n) is 11.1. The van der Waals surface area contributed by atoms with Crippen LogP contribution in [-0.2, 0) is 4.79 Å². The molecule has 8 atom stereocenters. The van der Waals surface area contributed by atoms with Gasteiger partial charge in [-0.1, -0.05) is 53.9 Å². The average molecular weight is 412 g/mol. The summed E-state index contributed by atoms with van der Waals surface area (Å²) in [5.74, 6) is 5.19. The van der Waals surface area contributed by atoms with E-state index in [2.05, 4.69) is 40.7 Å². The van der Waals surface area contributed by atoms with Crippen LogP contribution in [0.15, 0.2) is 0 Å². The van der Waals surface area contributed by atoms with Crippen molar-refractivity contribution >= 4 is 5.78 Å². The highest BCUT2D eigenvalue weighted by Gasteiger charge is 2.65. The fourth-order valence-electron chi connectivity index (χ4n) is 9.32. The highest BCUT2D eigenvalue weighted by atomic mass is 16.1. The molecule has 0 unspecified atom stereocenters. The van der Waals surface area contributed by atoms with E-state index in [1.807, 2.05) is 0 Å². The summed E-state index contributed by atoms with van der Waals surface area (Å²) in [6.45, 7) is 12.3. The van der Waals surface area contributed by atoms with E-state index in [-0.39, 0.29) is 10.8 Å². The molecule has 0 heterocycles. The molecule has 2 heteroatoms. The number of carbonyl (C=O) groups is 1. The van der Waals surface area contributed by atoms with Gasteiger partial charge < -0.3 is 0 Å². The van der Waals surface area contributed by atoms with Crippen LogP contribution in [-0.4, -0.2) is 5.78 Å². The van der Waals surface area contributed by atoms with Crippen LogP contribution in [0, 0.1) is 63.1 Å². The van der Waals surface area contributed by atoms with Gasteiger partial charge in [0.25, 0.3) is 0 Å². The van der Waals surface area contributed by atoms with Crippen LogP contribution >= 0.6 is 0 Å². The molecule has 4 aliphatic carbocycles. The van der Waals surface area contributed by atoms with Crippen LogP contribution in [0.25, 0.3) is 0 Å². The molecular weight excluding hydrogens is 366 g/mol. The summed E-state index contributed by atoms with van der Waals surface area (Å²) in [6, 6.07) is 2.73. The maximum Gasteiger partial charge on any atom is 0.134 e. The first kappa shape index (κ1) is 22.4. The minimum atomic E-state index is -0.376. The second-order valence-electron chi connectivity index (χ2n) is 12.8. The van der Waals surface area contributed by atoms with Crippen molar-refractivity contribution in [2.45, 2.75) is 112 Å². The van der Waals surface area contributed by atoms with Gasteiger partial charge in [-0.15, -0.1) is 0 Å². The van der Waals surface area contributed by atoms with Crippen LogP contribution in [0.5, 0.6) is 0 Å². The summed E-state index contributed by atoms with van der Waals surface area (Å²) < 4.78 is 0. The Morgan fingerprint density at radius 1 is 1.00 bits per heavy atom. The van der Waals surface area contributed by atoms with Crippen LogP contribution in [0.2, 0.25) is 0 Å². The van der Waals surface area contributed by atoms with Crippen molar-refractivity contribution in [2.75, 3.05) is 0 Å². The molecule has 4 rings (SSSR count). The predicted octanol–water partition coefficient (Wildman–Crippen LogP) is 7.57. The molecule has 0 saturated heterocycles. The van der Waals surface area contributed by atoms with Crippen molar-refractivity contribution in [3.05, 3.63) is 0 Å². The van der Waals surface area contributed by atoms with Crippen molar-refractivity contribution < 1.29 is 4.79 Å². The molecule has 0 aliphatic heterocycles. The van der Waals surface area contributed by atoms with Crippen molar-refractivity contribution in [1.29, 1.82) is 5.26 Å². The Morgan fingerprint density at radius 3 is 2.47 bits per heavy atom. The molecule has 0 spiro atoms. The van der Waals surface area contributed by atoms with E-state index in [0.29, 0.717) is 30.0 Å². The van der Waals surface area contributed by atoms with Gasteiger partial charge in [0.2, 0.25) is 0 Å². The van der Waals surface area contributed by atoms with Gasteiger partial charge in [0.1, 0.15) is 5.78 Å².